The fourth-order valence-electron chi connectivity index (χ4n) is 3.14. The molecule has 1 atom stereocenters. The van der Waals surface area contributed by atoms with Gasteiger partial charge in [0, 0.05) is 5.02 Å². The summed E-state index contributed by atoms with van der Waals surface area (Å²) in [5.74, 6) is 0. The minimum Gasteiger partial charge on any atom is -0.318 e. The molecule has 2 heteroatoms. The molecule has 0 aliphatic heterocycles. The molecule has 0 saturated heterocycles. The van der Waals surface area contributed by atoms with E-state index in [1.54, 1.807) is 0 Å². The van der Waals surface area contributed by atoms with Crippen LogP contribution in [0, 0.1) is 6.92 Å². The molecule has 0 radical (unpaired) electrons. The van der Waals surface area contributed by atoms with E-state index in [4.69, 9.17) is 17.3 Å². The summed E-state index contributed by atoms with van der Waals surface area (Å²) in [6.45, 7) is 4.08. The lowest BCUT2D eigenvalue weighted by atomic mass is 9.81. The predicted octanol–water partition coefficient (Wildman–Crippen LogP) is 4.75. The largest absolute Gasteiger partial charge is 0.318 e. The van der Waals surface area contributed by atoms with E-state index in [2.05, 4.69) is 31.2 Å². The van der Waals surface area contributed by atoms with Crippen LogP contribution in [0.15, 0.2) is 36.4 Å². The van der Waals surface area contributed by atoms with Gasteiger partial charge in [-0.25, -0.2) is 0 Å². The maximum absolute atomic E-state index is 6.65. The van der Waals surface area contributed by atoms with Gasteiger partial charge in [-0.1, -0.05) is 41.9 Å². The molecule has 2 aromatic rings. The number of hydrogen-bond donors (Lipinski definition) is 1. The van der Waals surface area contributed by atoms with Crippen molar-refractivity contribution >= 4 is 11.6 Å². The number of aryl methyl sites for hydroxylation is 3. The van der Waals surface area contributed by atoms with Gasteiger partial charge in [-0.3, -0.25) is 0 Å². The number of halogens is 1. The van der Waals surface area contributed by atoms with Crippen molar-refractivity contribution in [1.29, 1.82) is 0 Å². The van der Waals surface area contributed by atoms with Crippen LogP contribution in [0.4, 0.5) is 0 Å². The number of rotatable bonds is 2. The second-order valence-electron chi connectivity index (χ2n) is 6.36. The molecule has 1 nitrogen and oxygen atoms in total. The first-order valence-electron chi connectivity index (χ1n) is 7.66. The standard InChI is InChI=1S/C19H22ClN/c1-13-7-9-17(12-18(13)20)19(2,21)16-10-8-14-5-3-4-6-15(14)11-16/h7-12H,3-6,21H2,1-2H3. The fraction of sp³-hybridized carbons (Fsp3) is 0.368. The molecule has 1 unspecified atom stereocenters. The van der Waals surface area contributed by atoms with Crippen LogP contribution in [0.3, 0.4) is 0 Å². The Morgan fingerprint density at radius 3 is 2.29 bits per heavy atom. The van der Waals surface area contributed by atoms with Gasteiger partial charge >= 0.3 is 0 Å². The zero-order chi connectivity index (χ0) is 15.0. The molecule has 3 rings (SSSR count). The van der Waals surface area contributed by atoms with Crippen molar-refractivity contribution in [2.75, 3.05) is 0 Å². The summed E-state index contributed by atoms with van der Waals surface area (Å²) in [4.78, 5) is 0. The monoisotopic (exact) mass is 299 g/mol. The Kier molecular flexibility index (Phi) is 3.81. The van der Waals surface area contributed by atoms with Crippen molar-refractivity contribution in [2.24, 2.45) is 5.73 Å². The predicted molar refractivity (Wildman–Crippen MR) is 89.9 cm³/mol. The van der Waals surface area contributed by atoms with Crippen LogP contribution in [-0.4, -0.2) is 0 Å². The maximum atomic E-state index is 6.65. The summed E-state index contributed by atoms with van der Waals surface area (Å²) in [7, 11) is 0. The van der Waals surface area contributed by atoms with Crippen molar-refractivity contribution in [1.82, 2.24) is 0 Å². The molecule has 2 aromatic carbocycles. The van der Waals surface area contributed by atoms with E-state index in [0.717, 1.165) is 16.1 Å². The van der Waals surface area contributed by atoms with Crippen molar-refractivity contribution in [3.63, 3.8) is 0 Å². The molecule has 1 aliphatic carbocycles. The zero-order valence-electron chi connectivity index (χ0n) is 12.7. The van der Waals surface area contributed by atoms with E-state index < -0.39 is 5.54 Å². The van der Waals surface area contributed by atoms with Crippen LogP contribution < -0.4 is 5.73 Å². The topological polar surface area (TPSA) is 26.0 Å². The van der Waals surface area contributed by atoms with Crippen LogP contribution >= 0.6 is 11.6 Å². The molecular formula is C19H22ClN. The lowest BCUT2D eigenvalue weighted by Crippen LogP contribution is -2.34. The van der Waals surface area contributed by atoms with Gasteiger partial charge in [0.25, 0.3) is 0 Å². The van der Waals surface area contributed by atoms with E-state index in [9.17, 15) is 0 Å². The van der Waals surface area contributed by atoms with Gasteiger partial charge in [-0.2, -0.15) is 0 Å². The Balaban J connectivity index is 2.02. The first kappa shape index (κ1) is 14.6. The van der Waals surface area contributed by atoms with Gasteiger partial charge in [0.15, 0.2) is 0 Å². The lowest BCUT2D eigenvalue weighted by molar-refractivity contribution is 0.598. The quantitative estimate of drug-likeness (QED) is 0.851. The molecule has 0 saturated carbocycles. The zero-order valence-corrected chi connectivity index (χ0v) is 13.5. The maximum Gasteiger partial charge on any atom is 0.0637 e. The number of fused-ring (bicyclic) bond motifs is 1. The highest BCUT2D eigenvalue weighted by molar-refractivity contribution is 6.31. The Bertz CT molecular complexity index is 673. The Labute approximate surface area is 132 Å². The minimum absolute atomic E-state index is 0.510. The smallest absolute Gasteiger partial charge is 0.0637 e. The van der Waals surface area contributed by atoms with Crippen LogP contribution in [-0.2, 0) is 18.4 Å². The van der Waals surface area contributed by atoms with Crippen molar-refractivity contribution < 1.29 is 0 Å². The summed E-state index contributed by atoms with van der Waals surface area (Å²) >= 11 is 6.27. The molecule has 0 aromatic heterocycles. The molecule has 1 aliphatic rings. The summed E-state index contributed by atoms with van der Waals surface area (Å²) in [6.07, 6.45) is 4.97. The number of nitrogens with two attached hydrogens (primary N) is 1. The van der Waals surface area contributed by atoms with E-state index >= 15 is 0 Å². The fourth-order valence-corrected chi connectivity index (χ4v) is 3.32. The van der Waals surface area contributed by atoms with Crippen LogP contribution in [0.1, 0.15) is 47.6 Å². The first-order chi connectivity index (χ1) is 9.98. The Morgan fingerprint density at radius 2 is 1.57 bits per heavy atom. The highest BCUT2D eigenvalue weighted by Gasteiger charge is 2.25. The Morgan fingerprint density at radius 1 is 0.952 bits per heavy atom. The van der Waals surface area contributed by atoms with Gasteiger partial charge in [0.1, 0.15) is 0 Å². The number of hydrogen-bond acceptors (Lipinski definition) is 1. The van der Waals surface area contributed by atoms with Gasteiger partial charge in [0.05, 0.1) is 5.54 Å². The summed E-state index contributed by atoms with van der Waals surface area (Å²) in [5, 5.41) is 0.780. The van der Waals surface area contributed by atoms with Crippen LogP contribution in [0.2, 0.25) is 5.02 Å². The highest BCUT2D eigenvalue weighted by Crippen LogP contribution is 2.32. The van der Waals surface area contributed by atoms with Crippen LogP contribution in [0.25, 0.3) is 0 Å². The van der Waals surface area contributed by atoms with Crippen molar-refractivity contribution in [3.05, 3.63) is 69.2 Å². The summed E-state index contributed by atoms with van der Waals surface area (Å²) < 4.78 is 0. The molecular weight excluding hydrogens is 278 g/mol. The SMILES string of the molecule is Cc1ccc(C(C)(N)c2ccc3c(c2)CCCC3)cc1Cl. The normalized spacial score (nSPS) is 17.1. The van der Waals surface area contributed by atoms with Crippen molar-refractivity contribution in [2.45, 2.75) is 45.1 Å². The molecule has 21 heavy (non-hydrogen) atoms. The Hall–Kier alpha value is -1.31. The van der Waals surface area contributed by atoms with Gasteiger partial charge < -0.3 is 5.73 Å². The summed E-state index contributed by atoms with van der Waals surface area (Å²) in [6, 6.07) is 12.9. The van der Waals surface area contributed by atoms with E-state index in [0.29, 0.717) is 0 Å². The molecule has 0 heterocycles. The van der Waals surface area contributed by atoms with E-state index in [1.807, 2.05) is 19.1 Å². The molecule has 110 valence electrons. The molecule has 0 fully saturated rings. The molecule has 0 amide bonds. The van der Waals surface area contributed by atoms with Gasteiger partial charge in [-0.05, 0) is 73.4 Å². The third kappa shape index (κ3) is 2.73. The molecule has 0 bridgehead atoms. The second-order valence-corrected chi connectivity index (χ2v) is 6.76. The molecule has 0 spiro atoms. The van der Waals surface area contributed by atoms with E-state index in [1.165, 1.54) is 42.4 Å². The second kappa shape index (κ2) is 5.47. The number of benzene rings is 2. The minimum atomic E-state index is -0.510. The average molecular weight is 300 g/mol. The molecule has 2 N–H and O–H groups in total. The van der Waals surface area contributed by atoms with Gasteiger partial charge in [0.2, 0.25) is 0 Å². The highest BCUT2D eigenvalue weighted by atomic mass is 35.5. The van der Waals surface area contributed by atoms with Crippen molar-refractivity contribution in [3.8, 4) is 0 Å². The van der Waals surface area contributed by atoms with Crippen LogP contribution in [0.5, 0.6) is 0 Å². The third-order valence-electron chi connectivity index (χ3n) is 4.72. The lowest BCUT2D eigenvalue weighted by Gasteiger charge is -2.28. The van der Waals surface area contributed by atoms with Gasteiger partial charge in [-0.15, -0.1) is 0 Å². The summed E-state index contributed by atoms with van der Waals surface area (Å²) in [5.41, 5.74) is 12.4. The first-order valence-corrected chi connectivity index (χ1v) is 8.04. The van der Waals surface area contributed by atoms with E-state index in [-0.39, 0.29) is 0 Å². The third-order valence-corrected chi connectivity index (χ3v) is 5.13. The average Bonchev–Trinajstić information content (AvgIpc) is 2.49.